The molecule has 0 aliphatic rings. The summed E-state index contributed by atoms with van der Waals surface area (Å²) < 4.78 is 66.0. The Morgan fingerprint density at radius 3 is 2.38 bits per heavy atom. The van der Waals surface area contributed by atoms with Crippen molar-refractivity contribution in [2.45, 2.75) is 32.6 Å². The molecule has 29 heavy (non-hydrogen) atoms. The van der Waals surface area contributed by atoms with Gasteiger partial charge in [-0.1, -0.05) is 18.2 Å². The van der Waals surface area contributed by atoms with Crippen LogP contribution in [0.25, 0.3) is 0 Å². The highest BCUT2D eigenvalue weighted by molar-refractivity contribution is 7.86. The number of halogens is 3. The smallest absolute Gasteiger partial charge is 0.383 e. The summed E-state index contributed by atoms with van der Waals surface area (Å²) in [4.78, 5) is 14.0. The summed E-state index contributed by atoms with van der Waals surface area (Å²) in [5.41, 5.74) is -0.249. The molecule has 6 nitrogen and oxygen atoms in total. The van der Waals surface area contributed by atoms with Gasteiger partial charge in [0, 0.05) is 18.3 Å². The van der Waals surface area contributed by atoms with Crippen molar-refractivity contribution in [1.82, 2.24) is 4.90 Å². The van der Waals surface area contributed by atoms with Crippen molar-refractivity contribution >= 4 is 21.8 Å². The maximum Gasteiger partial charge on any atom is 0.416 e. The summed E-state index contributed by atoms with van der Waals surface area (Å²) in [6.07, 6.45) is -3.60. The van der Waals surface area contributed by atoms with E-state index < -0.39 is 27.9 Å². The molecule has 0 aliphatic carbocycles. The number of carbonyl (C=O) groups is 1. The van der Waals surface area contributed by atoms with Gasteiger partial charge < -0.3 is 14.4 Å². The molecule has 0 spiro atoms. The fourth-order valence-corrected chi connectivity index (χ4v) is 2.98. The van der Waals surface area contributed by atoms with E-state index in [9.17, 15) is 26.4 Å². The Hall–Kier alpha value is -2.75. The Labute approximate surface area is 167 Å². The van der Waals surface area contributed by atoms with Crippen molar-refractivity contribution in [3.63, 3.8) is 0 Å². The molecule has 0 heterocycles. The second-order valence-electron chi connectivity index (χ2n) is 6.67. The van der Waals surface area contributed by atoms with Crippen molar-refractivity contribution in [3.8, 4) is 5.75 Å². The first-order valence-corrected chi connectivity index (χ1v) is 10.4. The first kappa shape index (κ1) is 22.5. The van der Waals surface area contributed by atoms with E-state index in [1.54, 1.807) is 26.0 Å². The van der Waals surface area contributed by atoms with Gasteiger partial charge in [-0.2, -0.15) is 21.6 Å². The Balaban J connectivity index is 2.18. The standard InChI is InChI=1S/C19H21F3N2O4S/c1-13(2)24(12-14-6-4-9-17(10-14)28-29(3,26)27)18(25)23-16-8-5-7-15(11-16)19(20,21)22/h4-11,13H,12H2,1-3H3,(H,23,25). The van der Waals surface area contributed by atoms with Crippen LogP contribution in [-0.4, -0.2) is 31.6 Å². The van der Waals surface area contributed by atoms with E-state index in [1.807, 2.05) is 0 Å². The molecule has 0 saturated carbocycles. The molecular formula is C19H21F3N2O4S. The molecule has 0 saturated heterocycles. The number of hydrogen-bond acceptors (Lipinski definition) is 4. The van der Waals surface area contributed by atoms with Gasteiger partial charge in [0.2, 0.25) is 0 Å². The Kier molecular flexibility index (Phi) is 6.78. The predicted octanol–water partition coefficient (Wildman–Crippen LogP) is 4.49. The van der Waals surface area contributed by atoms with Crippen LogP contribution in [0.1, 0.15) is 25.0 Å². The summed E-state index contributed by atoms with van der Waals surface area (Å²) in [7, 11) is -3.70. The van der Waals surface area contributed by atoms with Crippen LogP contribution >= 0.6 is 0 Å². The third-order valence-corrected chi connectivity index (χ3v) is 4.32. The Morgan fingerprint density at radius 2 is 1.79 bits per heavy atom. The fourth-order valence-electron chi connectivity index (χ4n) is 2.52. The lowest BCUT2D eigenvalue weighted by atomic mass is 10.2. The van der Waals surface area contributed by atoms with E-state index in [0.29, 0.717) is 5.56 Å². The van der Waals surface area contributed by atoms with Gasteiger partial charge in [0.1, 0.15) is 5.75 Å². The van der Waals surface area contributed by atoms with Crippen LogP contribution in [0.3, 0.4) is 0 Å². The highest BCUT2D eigenvalue weighted by Crippen LogP contribution is 2.30. The van der Waals surface area contributed by atoms with Gasteiger partial charge in [-0.25, -0.2) is 4.79 Å². The molecule has 158 valence electrons. The molecule has 10 heteroatoms. The molecule has 0 fully saturated rings. The fraction of sp³-hybridized carbons (Fsp3) is 0.316. The zero-order chi connectivity index (χ0) is 21.8. The molecule has 0 aromatic heterocycles. The van der Waals surface area contributed by atoms with Gasteiger partial charge in [-0.3, -0.25) is 0 Å². The van der Waals surface area contributed by atoms with Crippen molar-refractivity contribution < 1.29 is 30.6 Å². The number of rotatable bonds is 6. The Morgan fingerprint density at radius 1 is 1.14 bits per heavy atom. The van der Waals surface area contributed by atoms with Crippen molar-refractivity contribution in [1.29, 1.82) is 0 Å². The van der Waals surface area contributed by atoms with E-state index in [-0.39, 0.29) is 24.0 Å². The van der Waals surface area contributed by atoms with E-state index in [0.717, 1.165) is 18.4 Å². The number of urea groups is 1. The van der Waals surface area contributed by atoms with Crippen molar-refractivity contribution in [2.24, 2.45) is 0 Å². The molecule has 0 unspecified atom stereocenters. The maximum absolute atomic E-state index is 12.9. The number of amides is 2. The Bertz CT molecular complexity index is 975. The number of alkyl halides is 3. The quantitative estimate of drug-likeness (QED) is 0.686. The van der Waals surface area contributed by atoms with Crippen LogP contribution in [0.15, 0.2) is 48.5 Å². The molecule has 2 amide bonds. The van der Waals surface area contributed by atoms with Crippen LogP contribution in [0.5, 0.6) is 5.75 Å². The average Bonchev–Trinajstić information content (AvgIpc) is 2.57. The van der Waals surface area contributed by atoms with Gasteiger partial charge >= 0.3 is 22.3 Å². The summed E-state index contributed by atoms with van der Waals surface area (Å²) in [5, 5.41) is 2.47. The number of hydrogen-bond donors (Lipinski definition) is 1. The number of benzene rings is 2. The average molecular weight is 430 g/mol. The SMILES string of the molecule is CC(C)N(Cc1cccc(OS(C)(=O)=O)c1)C(=O)Nc1cccc(C(F)(F)F)c1. The second kappa shape index (κ2) is 8.73. The molecule has 2 aromatic rings. The largest absolute Gasteiger partial charge is 0.416 e. The molecule has 0 atom stereocenters. The van der Waals surface area contributed by atoms with Crippen LogP contribution in [0.4, 0.5) is 23.7 Å². The highest BCUT2D eigenvalue weighted by Gasteiger charge is 2.30. The molecule has 1 N–H and O–H groups in total. The topological polar surface area (TPSA) is 75.7 Å². The van der Waals surface area contributed by atoms with E-state index in [2.05, 4.69) is 5.32 Å². The number of nitrogens with zero attached hydrogens (tertiary/aromatic N) is 1. The molecule has 0 bridgehead atoms. The highest BCUT2D eigenvalue weighted by atomic mass is 32.2. The van der Waals surface area contributed by atoms with Gasteiger partial charge in [-0.05, 0) is 49.7 Å². The number of nitrogens with one attached hydrogen (secondary N) is 1. The maximum atomic E-state index is 12.9. The molecule has 2 aromatic carbocycles. The summed E-state index contributed by atoms with van der Waals surface area (Å²) >= 11 is 0. The molecule has 0 aliphatic heterocycles. The monoisotopic (exact) mass is 430 g/mol. The van der Waals surface area contributed by atoms with E-state index in [4.69, 9.17) is 4.18 Å². The van der Waals surface area contributed by atoms with Crippen LogP contribution in [-0.2, 0) is 22.8 Å². The van der Waals surface area contributed by atoms with Crippen molar-refractivity contribution in [3.05, 3.63) is 59.7 Å². The van der Waals surface area contributed by atoms with Crippen LogP contribution in [0, 0.1) is 0 Å². The molecular weight excluding hydrogens is 409 g/mol. The minimum atomic E-state index is -4.52. The lowest BCUT2D eigenvalue weighted by Gasteiger charge is -2.27. The lowest BCUT2D eigenvalue weighted by molar-refractivity contribution is -0.137. The summed E-state index contributed by atoms with van der Waals surface area (Å²) in [5.74, 6) is 0.104. The normalized spacial score (nSPS) is 12.0. The second-order valence-corrected chi connectivity index (χ2v) is 8.24. The van der Waals surface area contributed by atoms with Gasteiger partial charge in [-0.15, -0.1) is 0 Å². The first-order valence-electron chi connectivity index (χ1n) is 8.58. The zero-order valence-electron chi connectivity index (χ0n) is 16.0. The first-order chi connectivity index (χ1) is 13.3. The van der Waals surface area contributed by atoms with Crippen LogP contribution < -0.4 is 9.50 Å². The van der Waals surface area contributed by atoms with E-state index in [1.165, 1.54) is 29.2 Å². The lowest BCUT2D eigenvalue weighted by Crippen LogP contribution is -2.39. The summed E-state index contributed by atoms with van der Waals surface area (Å²) in [6, 6.07) is 9.70. The minimum absolute atomic E-state index is 0.0182. The van der Waals surface area contributed by atoms with Gasteiger partial charge in [0.25, 0.3) is 0 Å². The molecule has 0 radical (unpaired) electrons. The third-order valence-electron chi connectivity index (χ3n) is 3.82. The number of carbonyl (C=O) groups excluding carboxylic acids is 1. The summed E-state index contributed by atoms with van der Waals surface area (Å²) in [6.45, 7) is 3.61. The van der Waals surface area contributed by atoms with Gasteiger partial charge in [0.15, 0.2) is 0 Å². The zero-order valence-corrected chi connectivity index (χ0v) is 16.8. The minimum Gasteiger partial charge on any atom is -0.383 e. The number of anilines is 1. The van der Waals surface area contributed by atoms with Crippen molar-refractivity contribution in [2.75, 3.05) is 11.6 Å². The van der Waals surface area contributed by atoms with Crippen LogP contribution in [0.2, 0.25) is 0 Å². The molecule has 2 rings (SSSR count). The third kappa shape index (κ3) is 6.97. The predicted molar refractivity (Wildman–Crippen MR) is 103 cm³/mol. The van der Waals surface area contributed by atoms with E-state index >= 15 is 0 Å². The van der Waals surface area contributed by atoms with Gasteiger partial charge in [0.05, 0.1) is 11.8 Å².